The van der Waals surface area contributed by atoms with E-state index < -0.39 is 42.3 Å². The van der Waals surface area contributed by atoms with E-state index in [2.05, 4.69) is 10.6 Å². The summed E-state index contributed by atoms with van der Waals surface area (Å²) in [6.45, 7) is -0.717. The summed E-state index contributed by atoms with van der Waals surface area (Å²) >= 11 is 0. The first-order valence-electron chi connectivity index (χ1n) is 11.2. The van der Waals surface area contributed by atoms with E-state index in [0.717, 1.165) is 5.56 Å². The highest BCUT2D eigenvalue weighted by Gasteiger charge is 2.31. The molecular formula is C25H30N4O7. The Bertz CT molecular complexity index is 1170. The molecule has 1 unspecified atom stereocenters. The van der Waals surface area contributed by atoms with E-state index in [1.54, 1.807) is 30.3 Å². The Morgan fingerprint density at radius 1 is 1.03 bits per heavy atom. The molecule has 11 heteroatoms. The van der Waals surface area contributed by atoms with Gasteiger partial charge in [0.25, 0.3) is 0 Å². The van der Waals surface area contributed by atoms with Gasteiger partial charge in [-0.1, -0.05) is 12.1 Å². The normalized spacial score (nSPS) is 17.7. The smallest absolute Gasteiger partial charge is 0.328 e. The first-order valence-corrected chi connectivity index (χ1v) is 11.2. The molecule has 3 rings (SSSR count). The standard InChI is InChI=1S/C25H30N4O7/c1-29(22(31)12-26)23-15-6-8-20(35-3)17(11-15)16-9-14(5-7-19(16)34-2)10-18(25(33)36-4)28-21(30)13-27-24(23)32/h5-9,11,18,23H,10,12-13,26H2,1-4H3,(H,27,32)(H,28,30)/t18-,23?/m0/s1. The molecule has 1 aliphatic rings. The predicted molar refractivity (Wildman–Crippen MR) is 130 cm³/mol. The molecule has 0 saturated heterocycles. The summed E-state index contributed by atoms with van der Waals surface area (Å²) in [5, 5.41) is 5.15. The molecule has 4 N–H and O–H groups in total. The first kappa shape index (κ1) is 26.5. The topological polar surface area (TPSA) is 149 Å². The van der Waals surface area contributed by atoms with E-state index in [4.69, 9.17) is 19.9 Å². The van der Waals surface area contributed by atoms with Gasteiger partial charge in [0.1, 0.15) is 23.6 Å². The van der Waals surface area contributed by atoms with Gasteiger partial charge in [-0.25, -0.2) is 4.79 Å². The molecule has 2 aromatic rings. The zero-order chi connectivity index (χ0) is 26.4. The lowest BCUT2D eigenvalue weighted by molar-refractivity contribution is -0.145. The zero-order valence-corrected chi connectivity index (χ0v) is 20.6. The molecule has 0 spiro atoms. The minimum absolute atomic E-state index is 0.141. The summed E-state index contributed by atoms with van der Waals surface area (Å²) in [7, 11) is 5.73. The average molecular weight is 499 g/mol. The van der Waals surface area contributed by atoms with Crippen molar-refractivity contribution >= 4 is 23.7 Å². The summed E-state index contributed by atoms with van der Waals surface area (Å²) in [5.74, 6) is -1.27. The number of hydrogen-bond donors (Lipinski definition) is 3. The van der Waals surface area contributed by atoms with Crippen LogP contribution in [-0.4, -0.2) is 76.1 Å². The van der Waals surface area contributed by atoms with E-state index in [1.807, 2.05) is 6.07 Å². The number of ether oxygens (including phenoxy) is 3. The number of carbonyl (C=O) groups is 4. The minimum Gasteiger partial charge on any atom is -0.496 e. The van der Waals surface area contributed by atoms with Gasteiger partial charge in [0.2, 0.25) is 17.7 Å². The third-order valence-corrected chi connectivity index (χ3v) is 5.98. The van der Waals surface area contributed by atoms with Crippen molar-refractivity contribution in [2.75, 3.05) is 41.5 Å². The lowest BCUT2D eigenvalue weighted by Gasteiger charge is -2.28. The second-order valence-electron chi connectivity index (χ2n) is 8.17. The highest BCUT2D eigenvalue weighted by atomic mass is 16.5. The summed E-state index contributed by atoms with van der Waals surface area (Å²) in [5.41, 5.74) is 7.99. The molecule has 2 aromatic carbocycles. The number of carbonyl (C=O) groups excluding carboxylic acids is 4. The van der Waals surface area contributed by atoms with Crippen molar-refractivity contribution in [1.29, 1.82) is 0 Å². The van der Waals surface area contributed by atoms with Crippen molar-refractivity contribution < 1.29 is 33.4 Å². The van der Waals surface area contributed by atoms with Gasteiger partial charge < -0.3 is 35.5 Å². The predicted octanol–water partition coefficient (Wildman–Crippen LogP) is 0.159. The van der Waals surface area contributed by atoms with E-state index in [0.29, 0.717) is 28.2 Å². The lowest BCUT2D eigenvalue weighted by atomic mass is 9.94. The largest absolute Gasteiger partial charge is 0.496 e. The monoisotopic (exact) mass is 498 g/mol. The first-order chi connectivity index (χ1) is 17.2. The molecule has 3 amide bonds. The van der Waals surface area contributed by atoms with Crippen LogP contribution in [0.1, 0.15) is 17.2 Å². The number of methoxy groups -OCH3 is 3. The van der Waals surface area contributed by atoms with Gasteiger partial charge in [0.15, 0.2) is 0 Å². The molecule has 0 fully saturated rings. The van der Waals surface area contributed by atoms with Crippen LogP contribution in [0.4, 0.5) is 0 Å². The van der Waals surface area contributed by atoms with Gasteiger partial charge in [0.05, 0.1) is 34.4 Å². The number of amides is 3. The van der Waals surface area contributed by atoms with E-state index in [9.17, 15) is 19.2 Å². The van der Waals surface area contributed by atoms with E-state index >= 15 is 0 Å². The fourth-order valence-electron chi connectivity index (χ4n) is 4.12. The average Bonchev–Trinajstić information content (AvgIpc) is 2.89. The molecule has 0 radical (unpaired) electrons. The Kier molecular flexibility index (Phi) is 8.49. The van der Waals surface area contributed by atoms with Crippen LogP contribution in [0.3, 0.4) is 0 Å². The maximum atomic E-state index is 13.2. The number of fused-ring (bicyclic) bond motifs is 5. The van der Waals surface area contributed by atoms with E-state index in [1.165, 1.54) is 33.3 Å². The number of esters is 1. The van der Waals surface area contributed by atoms with Crippen LogP contribution in [0.15, 0.2) is 36.4 Å². The molecule has 0 aromatic heterocycles. The fourth-order valence-corrected chi connectivity index (χ4v) is 4.12. The Labute approximate surface area is 208 Å². The van der Waals surface area contributed by atoms with Crippen molar-refractivity contribution in [2.24, 2.45) is 5.73 Å². The van der Waals surface area contributed by atoms with Gasteiger partial charge in [-0.05, 0) is 35.4 Å². The summed E-state index contributed by atoms with van der Waals surface area (Å²) in [4.78, 5) is 51.9. The SMILES string of the molecule is COC(=O)[C@@H]1Cc2ccc(OC)c(c2)-c2cc(ccc2OC)C(N(C)C(=O)CN)C(=O)NCC(=O)N1. The number of nitrogens with zero attached hydrogens (tertiary/aromatic N) is 1. The Hall–Kier alpha value is -4.12. The van der Waals surface area contributed by atoms with Crippen molar-refractivity contribution in [2.45, 2.75) is 18.5 Å². The fraction of sp³-hybridized carbons (Fsp3) is 0.360. The molecular weight excluding hydrogens is 468 g/mol. The van der Waals surface area contributed by atoms with Crippen LogP contribution in [0.5, 0.6) is 11.5 Å². The summed E-state index contributed by atoms with van der Waals surface area (Å²) in [6.07, 6.45) is 0.141. The second kappa shape index (κ2) is 11.5. The Morgan fingerprint density at radius 3 is 2.28 bits per heavy atom. The second-order valence-corrected chi connectivity index (χ2v) is 8.17. The van der Waals surface area contributed by atoms with Crippen LogP contribution in [0.2, 0.25) is 0 Å². The maximum absolute atomic E-state index is 13.2. The molecule has 11 nitrogen and oxygen atoms in total. The van der Waals surface area contributed by atoms with Gasteiger partial charge in [-0.3, -0.25) is 14.4 Å². The van der Waals surface area contributed by atoms with Crippen LogP contribution < -0.4 is 25.8 Å². The van der Waals surface area contributed by atoms with Crippen LogP contribution in [0.25, 0.3) is 11.1 Å². The van der Waals surface area contributed by atoms with Gasteiger partial charge in [-0.15, -0.1) is 0 Å². The number of hydrogen-bond acceptors (Lipinski definition) is 8. The molecule has 192 valence electrons. The molecule has 0 aliphatic carbocycles. The molecule has 1 heterocycles. The Balaban J connectivity index is 2.26. The number of rotatable bonds is 5. The van der Waals surface area contributed by atoms with Gasteiger partial charge >= 0.3 is 5.97 Å². The van der Waals surface area contributed by atoms with Crippen molar-refractivity contribution in [1.82, 2.24) is 15.5 Å². The van der Waals surface area contributed by atoms with Crippen molar-refractivity contribution in [3.05, 3.63) is 47.5 Å². The van der Waals surface area contributed by atoms with Crippen LogP contribution >= 0.6 is 0 Å². The van der Waals surface area contributed by atoms with Crippen molar-refractivity contribution in [3.8, 4) is 22.6 Å². The molecule has 1 aliphatic heterocycles. The number of nitrogens with two attached hydrogens (primary N) is 1. The number of likely N-dealkylation sites (N-methyl/N-ethyl adjacent to an activating group) is 1. The quantitative estimate of drug-likeness (QED) is 0.494. The third kappa shape index (κ3) is 5.57. The molecule has 2 atom stereocenters. The van der Waals surface area contributed by atoms with E-state index in [-0.39, 0.29) is 13.0 Å². The Morgan fingerprint density at radius 2 is 1.67 bits per heavy atom. The van der Waals surface area contributed by atoms with Crippen LogP contribution in [0, 0.1) is 0 Å². The number of benzene rings is 2. The van der Waals surface area contributed by atoms with Gasteiger partial charge in [0, 0.05) is 24.6 Å². The highest BCUT2D eigenvalue weighted by molar-refractivity contribution is 5.93. The lowest BCUT2D eigenvalue weighted by Crippen LogP contribution is -2.49. The van der Waals surface area contributed by atoms with Crippen LogP contribution in [-0.2, 0) is 30.3 Å². The third-order valence-electron chi connectivity index (χ3n) is 5.98. The summed E-state index contributed by atoms with van der Waals surface area (Å²) < 4.78 is 16.0. The molecule has 0 saturated carbocycles. The minimum atomic E-state index is -1.09. The molecule has 4 bridgehead atoms. The highest BCUT2D eigenvalue weighted by Crippen LogP contribution is 2.39. The molecule has 36 heavy (non-hydrogen) atoms. The summed E-state index contributed by atoms with van der Waals surface area (Å²) in [6, 6.07) is 8.35. The van der Waals surface area contributed by atoms with Gasteiger partial charge in [-0.2, -0.15) is 0 Å². The van der Waals surface area contributed by atoms with Crippen molar-refractivity contribution in [3.63, 3.8) is 0 Å². The maximum Gasteiger partial charge on any atom is 0.328 e. The zero-order valence-electron chi connectivity index (χ0n) is 20.6. The number of nitrogens with one attached hydrogen (secondary N) is 2.